The minimum absolute atomic E-state index is 0.134. The monoisotopic (exact) mass is 309 g/mol. The normalized spacial score (nSPS) is 15.4. The van der Waals surface area contributed by atoms with Crippen molar-refractivity contribution in [1.82, 2.24) is 0 Å². The molecule has 0 saturated heterocycles. The summed E-state index contributed by atoms with van der Waals surface area (Å²) in [4.78, 5) is 14.6. The molecule has 0 spiro atoms. The van der Waals surface area contributed by atoms with E-state index in [9.17, 15) is 4.79 Å². The molecule has 0 radical (unpaired) electrons. The quantitative estimate of drug-likeness (QED) is 0.856. The average Bonchev–Trinajstić information content (AvgIpc) is 2.99. The maximum atomic E-state index is 12.8. The highest BCUT2D eigenvalue weighted by molar-refractivity contribution is 5.96. The molecule has 0 unspecified atom stereocenters. The van der Waals surface area contributed by atoms with Crippen LogP contribution in [0.4, 0.5) is 5.69 Å². The van der Waals surface area contributed by atoms with Gasteiger partial charge < -0.3 is 14.4 Å². The van der Waals surface area contributed by atoms with Gasteiger partial charge in [0.25, 0.3) is 0 Å². The number of rotatable bonds is 2. The van der Waals surface area contributed by atoms with Crippen molar-refractivity contribution in [2.45, 2.75) is 19.8 Å². The summed E-state index contributed by atoms with van der Waals surface area (Å²) >= 11 is 0. The molecule has 23 heavy (non-hydrogen) atoms. The van der Waals surface area contributed by atoms with Crippen LogP contribution < -0.4 is 14.4 Å². The van der Waals surface area contributed by atoms with Crippen LogP contribution in [0, 0.1) is 6.92 Å². The number of amides is 1. The maximum Gasteiger partial charge on any atom is 0.231 e. The Balaban J connectivity index is 1.58. The third kappa shape index (κ3) is 2.54. The van der Waals surface area contributed by atoms with Crippen molar-refractivity contribution >= 4 is 11.6 Å². The molecule has 0 atom stereocenters. The summed E-state index contributed by atoms with van der Waals surface area (Å²) in [5, 5.41) is 0. The Bertz CT molecular complexity index is 769. The van der Waals surface area contributed by atoms with Crippen LogP contribution in [0.2, 0.25) is 0 Å². The number of hydrogen-bond acceptors (Lipinski definition) is 3. The first-order chi connectivity index (χ1) is 11.2. The van der Waals surface area contributed by atoms with Crippen LogP contribution in [0.5, 0.6) is 11.5 Å². The molecular weight excluding hydrogens is 290 g/mol. The Morgan fingerprint density at radius 2 is 1.87 bits per heavy atom. The molecule has 4 heteroatoms. The summed E-state index contributed by atoms with van der Waals surface area (Å²) in [7, 11) is 0. The molecule has 0 saturated carbocycles. The second-order valence-electron chi connectivity index (χ2n) is 6.02. The second-order valence-corrected chi connectivity index (χ2v) is 6.02. The van der Waals surface area contributed by atoms with Crippen molar-refractivity contribution in [2.24, 2.45) is 0 Å². The zero-order valence-corrected chi connectivity index (χ0v) is 13.2. The van der Waals surface area contributed by atoms with Gasteiger partial charge in [0.2, 0.25) is 5.91 Å². The van der Waals surface area contributed by atoms with Crippen LogP contribution in [0.25, 0.3) is 0 Å². The van der Waals surface area contributed by atoms with Crippen LogP contribution in [-0.2, 0) is 17.6 Å². The summed E-state index contributed by atoms with van der Waals surface area (Å²) in [6, 6.07) is 12.0. The standard InChI is InChI=1S/C19H19NO3/c1-13-10-17-18(23-9-8-22-17)11-15(13)12-19(21)20-7-6-14-4-2-3-5-16(14)20/h2-5,10-11H,6-9,12H2,1H3. The number of aryl methyl sites for hydroxylation is 1. The lowest BCUT2D eigenvalue weighted by atomic mass is 10.0. The second kappa shape index (κ2) is 5.61. The third-order valence-corrected chi connectivity index (χ3v) is 4.53. The number of anilines is 1. The van der Waals surface area contributed by atoms with E-state index in [4.69, 9.17) is 9.47 Å². The van der Waals surface area contributed by atoms with E-state index >= 15 is 0 Å². The molecule has 1 amide bonds. The van der Waals surface area contributed by atoms with E-state index in [1.807, 2.05) is 42.2 Å². The van der Waals surface area contributed by atoms with Gasteiger partial charge in [0.05, 0.1) is 6.42 Å². The largest absolute Gasteiger partial charge is 0.486 e. The van der Waals surface area contributed by atoms with Crippen molar-refractivity contribution in [2.75, 3.05) is 24.7 Å². The molecule has 2 heterocycles. The van der Waals surface area contributed by atoms with Crippen molar-refractivity contribution in [3.05, 3.63) is 53.1 Å². The van der Waals surface area contributed by atoms with Gasteiger partial charge in [-0.3, -0.25) is 4.79 Å². The van der Waals surface area contributed by atoms with Gasteiger partial charge in [0.15, 0.2) is 11.5 Å². The Labute approximate surface area is 135 Å². The number of hydrogen-bond donors (Lipinski definition) is 0. The maximum absolute atomic E-state index is 12.8. The van der Waals surface area contributed by atoms with Crippen LogP contribution in [0.1, 0.15) is 16.7 Å². The fourth-order valence-electron chi connectivity index (χ4n) is 3.28. The summed E-state index contributed by atoms with van der Waals surface area (Å²) in [6.45, 7) is 3.92. The van der Waals surface area contributed by atoms with Crippen molar-refractivity contribution < 1.29 is 14.3 Å². The van der Waals surface area contributed by atoms with Crippen molar-refractivity contribution in [1.29, 1.82) is 0 Å². The number of carbonyl (C=O) groups is 1. The van der Waals surface area contributed by atoms with Crippen molar-refractivity contribution in [3.63, 3.8) is 0 Å². The highest BCUT2D eigenvalue weighted by atomic mass is 16.6. The molecule has 2 aliphatic rings. The van der Waals surface area contributed by atoms with Crippen LogP contribution >= 0.6 is 0 Å². The van der Waals surface area contributed by atoms with E-state index in [1.54, 1.807) is 0 Å². The minimum atomic E-state index is 0.134. The number of benzene rings is 2. The Hall–Kier alpha value is -2.49. The predicted octanol–water partition coefficient (Wildman–Crippen LogP) is 2.90. The number of nitrogens with zero attached hydrogens (tertiary/aromatic N) is 1. The zero-order valence-electron chi connectivity index (χ0n) is 13.2. The molecule has 2 aliphatic heterocycles. The lowest BCUT2D eigenvalue weighted by Crippen LogP contribution is -2.30. The van der Waals surface area contributed by atoms with Crippen molar-refractivity contribution in [3.8, 4) is 11.5 Å². The number of fused-ring (bicyclic) bond motifs is 2. The van der Waals surface area contributed by atoms with Crippen LogP contribution in [-0.4, -0.2) is 25.7 Å². The highest BCUT2D eigenvalue weighted by Crippen LogP contribution is 2.34. The van der Waals surface area contributed by atoms with E-state index in [0.717, 1.165) is 41.3 Å². The van der Waals surface area contributed by atoms with E-state index < -0.39 is 0 Å². The van der Waals surface area contributed by atoms with Gasteiger partial charge in [0, 0.05) is 12.2 Å². The molecule has 4 nitrogen and oxygen atoms in total. The molecule has 0 N–H and O–H groups in total. The van der Waals surface area contributed by atoms with Crippen LogP contribution in [0.3, 0.4) is 0 Å². The lowest BCUT2D eigenvalue weighted by molar-refractivity contribution is -0.117. The Kier molecular flexibility index (Phi) is 3.45. The first-order valence-electron chi connectivity index (χ1n) is 8.00. The number of para-hydroxylation sites is 1. The summed E-state index contributed by atoms with van der Waals surface area (Å²) in [5.74, 6) is 1.65. The van der Waals surface area contributed by atoms with Gasteiger partial charge >= 0.3 is 0 Å². The summed E-state index contributed by atoms with van der Waals surface area (Å²) in [5.41, 5.74) is 4.37. The van der Waals surface area contributed by atoms with E-state index in [2.05, 4.69) is 6.07 Å². The van der Waals surface area contributed by atoms with Gasteiger partial charge in [-0.15, -0.1) is 0 Å². The molecule has 118 valence electrons. The molecule has 0 aliphatic carbocycles. The summed E-state index contributed by atoms with van der Waals surface area (Å²) in [6.07, 6.45) is 1.32. The molecule has 0 bridgehead atoms. The van der Waals surface area contributed by atoms with Gasteiger partial charge in [-0.2, -0.15) is 0 Å². The molecular formula is C19H19NO3. The molecule has 0 aromatic heterocycles. The van der Waals surface area contributed by atoms with E-state index in [-0.39, 0.29) is 5.91 Å². The Morgan fingerprint density at radius 3 is 2.70 bits per heavy atom. The highest BCUT2D eigenvalue weighted by Gasteiger charge is 2.25. The van der Waals surface area contributed by atoms with Gasteiger partial charge in [-0.05, 0) is 48.2 Å². The minimum Gasteiger partial charge on any atom is -0.486 e. The fraction of sp³-hybridized carbons (Fsp3) is 0.316. The first kappa shape index (κ1) is 14.1. The van der Waals surface area contributed by atoms with Gasteiger partial charge in [-0.25, -0.2) is 0 Å². The summed E-state index contributed by atoms with van der Waals surface area (Å²) < 4.78 is 11.2. The van der Waals surface area contributed by atoms with Gasteiger partial charge in [0.1, 0.15) is 13.2 Å². The molecule has 0 fully saturated rings. The van der Waals surface area contributed by atoms with Gasteiger partial charge in [-0.1, -0.05) is 18.2 Å². The lowest BCUT2D eigenvalue weighted by Gasteiger charge is -2.21. The molecule has 4 rings (SSSR count). The topological polar surface area (TPSA) is 38.8 Å². The third-order valence-electron chi connectivity index (χ3n) is 4.53. The smallest absolute Gasteiger partial charge is 0.231 e. The predicted molar refractivity (Wildman–Crippen MR) is 88.4 cm³/mol. The zero-order chi connectivity index (χ0) is 15.8. The number of ether oxygens (including phenoxy) is 2. The average molecular weight is 309 g/mol. The first-order valence-corrected chi connectivity index (χ1v) is 8.00. The molecule has 2 aromatic carbocycles. The van der Waals surface area contributed by atoms with E-state index in [1.165, 1.54) is 5.56 Å². The fourth-order valence-corrected chi connectivity index (χ4v) is 3.28. The Morgan fingerprint density at radius 1 is 1.13 bits per heavy atom. The number of carbonyl (C=O) groups excluding carboxylic acids is 1. The molecule has 2 aromatic rings. The van der Waals surface area contributed by atoms with E-state index in [0.29, 0.717) is 19.6 Å². The SMILES string of the molecule is Cc1cc2c(cc1CC(=O)N1CCc3ccccc31)OCCO2. The van der Waals surface area contributed by atoms with Crippen LogP contribution in [0.15, 0.2) is 36.4 Å².